The lowest BCUT2D eigenvalue weighted by molar-refractivity contribution is -0.123. The normalized spacial score (nSPS) is 23.4. The Balaban J connectivity index is 2.09. The number of nitrogens with one attached hydrogen (secondary N) is 1. The van der Waals surface area contributed by atoms with E-state index in [4.69, 9.17) is 11.6 Å². The van der Waals surface area contributed by atoms with Crippen LogP contribution >= 0.6 is 11.6 Å². The van der Waals surface area contributed by atoms with Crippen LogP contribution in [0, 0.1) is 5.92 Å². The zero-order chi connectivity index (χ0) is 12.7. The van der Waals surface area contributed by atoms with Crippen LogP contribution in [0.3, 0.4) is 0 Å². The van der Waals surface area contributed by atoms with E-state index in [1.807, 2.05) is 6.92 Å². The Morgan fingerprint density at radius 3 is 2.94 bits per heavy atom. The molecule has 100 valence electrons. The zero-order valence-electron chi connectivity index (χ0n) is 11.0. The van der Waals surface area contributed by atoms with Gasteiger partial charge in [-0.2, -0.15) is 0 Å². The monoisotopic (exact) mass is 260 g/mol. The van der Waals surface area contributed by atoms with E-state index >= 15 is 0 Å². The van der Waals surface area contributed by atoms with Gasteiger partial charge >= 0.3 is 0 Å². The molecule has 1 aliphatic rings. The van der Waals surface area contributed by atoms with Gasteiger partial charge in [0.1, 0.15) is 0 Å². The fourth-order valence-corrected chi connectivity index (χ4v) is 2.37. The number of hydrogen-bond donors (Lipinski definition) is 1. The van der Waals surface area contributed by atoms with Gasteiger partial charge in [-0.05, 0) is 32.7 Å². The summed E-state index contributed by atoms with van der Waals surface area (Å²) >= 11 is 5.63. The van der Waals surface area contributed by atoms with Gasteiger partial charge in [-0.25, -0.2) is 0 Å². The quantitative estimate of drug-likeness (QED) is 0.587. The molecule has 1 heterocycles. The van der Waals surface area contributed by atoms with Gasteiger partial charge in [0.25, 0.3) is 0 Å². The van der Waals surface area contributed by atoms with Crippen LogP contribution in [0.5, 0.6) is 0 Å². The van der Waals surface area contributed by atoms with Crippen molar-refractivity contribution in [3.63, 3.8) is 0 Å². The van der Waals surface area contributed by atoms with Crippen molar-refractivity contribution < 1.29 is 4.79 Å². The van der Waals surface area contributed by atoms with E-state index in [0.29, 0.717) is 11.9 Å². The van der Waals surface area contributed by atoms with E-state index in [1.165, 1.54) is 25.8 Å². The molecular formula is C13H25ClN2O. The van der Waals surface area contributed by atoms with E-state index in [9.17, 15) is 4.79 Å². The highest BCUT2D eigenvalue weighted by molar-refractivity contribution is 6.19. The molecule has 0 saturated carbocycles. The third kappa shape index (κ3) is 5.26. The highest BCUT2D eigenvalue weighted by Crippen LogP contribution is 2.16. The average Bonchev–Trinajstić information content (AvgIpc) is 2.35. The van der Waals surface area contributed by atoms with Crippen LogP contribution < -0.4 is 5.32 Å². The van der Waals surface area contributed by atoms with Gasteiger partial charge in [-0.15, -0.1) is 11.6 Å². The summed E-state index contributed by atoms with van der Waals surface area (Å²) in [4.78, 5) is 14.0. The molecule has 3 nitrogen and oxygen atoms in total. The van der Waals surface area contributed by atoms with Gasteiger partial charge in [-0.1, -0.05) is 13.3 Å². The fraction of sp³-hybridized carbons (Fsp3) is 0.923. The Labute approximate surface area is 110 Å². The van der Waals surface area contributed by atoms with Gasteiger partial charge in [0, 0.05) is 30.9 Å². The van der Waals surface area contributed by atoms with Crippen LogP contribution in [0.4, 0.5) is 0 Å². The highest BCUT2D eigenvalue weighted by Gasteiger charge is 2.17. The van der Waals surface area contributed by atoms with Crippen LogP contribution in [0.2, 0.25) is 0 Å². The molecule has 1 aliphatic heterocycles. The molecule has 1 N–H and O–H groups in total. The Morgan fingerprint density at radius 1 is 1.53 bits per heavy atom. The molecule has 1 saturated heterocycles. The SMILES string of the molecule is CC(CCl)C(=O)NCCCN1CCCCC1C. The number of hydrogen-bond acceptors (Lipinski definition) is 2. The molecule has 0 spiro atoms. The summed E-state index contributed by atoms with van der Waals surface area (Å²) in [6.45, 7) is 7.23. The Kier molecular flexibility index (Phi) is 6.90. The highest BCUT2D eigenvalue weighted by atomic mass is 35.5. The van der Waals surface area contributed by atoms with Crippen molar-refractivity contribution in [2.45, 2.75) is 45.6 Å². The molecule has 1 rings (SSSR count). The summed E-state index contributed by atoms with van der Waals surface area (Å²) < 4.78 is 0. The van der Waals surface area contributed by atoms with E-state index in [2.05, 4.69) is 17.1 Å². The summed E-state index contributed by atoms with van der Waals surface area (Å²) in [7, 11) is 0. The molecule has 2 unspecified atom stereocenters. The lowest BCUT2D eigenvalue weighted by atomic mass is 10.0. The minimum atomic E-state index is -0.0782. The fourth-order valence-electron chi connectivity index (χ4n) is 2.23. The number of nitrogens with zero attached hydrogens (tertiary/aromatic N) is 1. The van der Waals surface area contributed by atoms with Crippen LogP contribution in [0.15, 0.2) is 0 Å². The van der Waals surface area contributed by atoms with Crippen molar-refractivity contribution >= 4 is 17.5 Å². The molecule has 0 bridgehead atoms. The largest absolute Gasteiger partial charge is 0.356 e. The van der Waals surface area contributed by atoms with Crippen molar-refractivity contribution in [3.05, 3.63) is 0 Å². The Hall–Kier alpha value is -0.280. The van der Waals surface area contributed by atoms with Gasteiger partial charge in [-0.3, -0.25) is 4.79 Å². The van der Waals surface area contributed by atoms with Gasteiger partial charge in [0.2, 0.25) is 5.91 Å². The third-order valence-corrected chi connectivity index (χ3v) is 4.00. The first-order valence-corrected chi connectivity index (χ1v) is 7.26. The first kappa shape index (κ1) is 14.8. The van der Waals surface area contributed by atoms with Gasteiger partial charge in [0.15, 0.2) is 0 Å². The van der Waals surface area contributed by atoms with E-state index in [1.54, 1.807) is 0 Å². The van der Waals surface area contributed by atoms with Gasteiger partial charge in [0.05, 0.1) is 0 Å². The number of alkyl halides is 1. The maximum absolute atomic E-state index is 11.5. The van der Waals surface area contributed by atoms with Crippen molar-refractivity contribution in [1.29, 1.82) is 0 Å². The molecule has 0 aromatic heterocycles. The lowest BCUT2D eigenvalue weighted by Gasteiger charge is -2.33. The minimum Gasteiger partial charge on any atom is -0.356 e. The number of halogens is 1. The second-order valence-electron chi connectivity index (χ2n) is 5.08. The summed E-state index contributed by atoms with van der Waals surface area (Å²) in [5, 5.41) is 2.94. The van der Waals surface area contributed by atoms with Crippen LogP contribution in [-0.4, -0.2) is 42.4 Å². The van der Waals surface area contributed by atoms with Crippen molar-refractivity contribution in [3.8, 4) is 0 Å². The van der Waals surface area contributed by atoms with E-state index in [-0.39, 0.29) is 11.8 Å². The summed E-state index contributed by atoms with van der Waals surface area (Å²) in [6, 6.07) is 0.709. The second-order valence-corrected chi connectivity index (χ2v) is 5.39. The number of amides is 1. The molecule has 0 aromatic rings. The van der Waals surface area contributed by atoms with E-state index < -0.39 is 0 Å². The van der Waals surface area contributed by atoms with Crippen molar-refractivity contribution in [2.75, 3.05) is 25.5 Å². The summed E-state index contributed by atoms with van der Waals surface area (Å²) in [5.74, 6) is 0.395. The first-order chi connectivity index (χ1) is 8.15. The molecule has 17 heavy (non-hydrogen) atoms. The van der Waals surface area contributed by atoms with Crippen LogP contribution in [-0.2, 0) is 4.79 Å². The molecule has 1 fully saturated rings. The second kappa shape index (κ2) is 7.93. The van der Waals surface area contributed by atoms with Crippen LogP contribution in [0.1, 0.15) is 39.5 Å². The standard InChI is InChI=1S/C13H25ClN2O/c1-11(10-14)13(17)15-7-5-9-16-8-4-3-6-12(16)2/h11-12H,3-10H2,1-2H3,(H,15,17). The predicted octanol–water partition coefficient (Wildman–Crippen LogP) is 2.24. The molecule has 0 aliphatic carbocycles. The molecule has 1 amide bonds. The van der Waals surface area contributed by atoms with E-state index in [0.717, 1.165) is 19.5 Å². The zero-order valence-corrected chi connectivity index (χ0v) is 11.8. The minimum absolute atomic E-state index is 0.0756. The smallest absolute Gasteiger partial charge is 0.224 e. The summed E-state index contributed by atoms with van der Waals surface area (Å²) in [6.07, 6.45) is 5.03. The topological polar surface area (TPSA) is 32.3 Å². The van der Waals surface area contributed by atoms with Crippen molar-refractivity contribution in [2.24, 2.45) is 5.92 Å². The third-order valence-electron chi connectivity index (χ3n) is 3.54. The number of piperidine rings is 1. The molecule has 2 atom stereocenters. The molecule has 4 heteroatoms. The summed E-state index contributed by atoms with van der Waals surface area (Å²) in [5.41, 5.74) is 0. The molecule has 0 aromatic carbocycles. The number of rotatable bonds is 6. The first-order valence-electron chi connectivity index (χ1n) is 6.73. The predicted molar refractivity (Wildman–Crippen MR) is 72.4 cm³/mol. The number of carbonyl (C=O) groups is 1. The molecule has 0 radical (unpaired) electrons. The molecular weight excluding hydrogens is 236 g/mol. The number of likely N-dealkylation sites (tertiary alicyclic amines) is 1. The Bertz CT molecular complexity index is 235. The van der Waals surface area contributed by atoms with Crippen molar-refractivity contribution in [1.82, 2.24) is 10.2 Å². The maximum Gasteiger partial charge on any atom is 0.224 e. The lowest BCUT2D eigenvalue weighted by Crippen LogP contribution is -2.39. The number of carbonyl (C=O) groups excluding carboxylic acids is 1. The van der Waals surface area contributed by atoms with Gasteiger partial charge < -0.3 is 10.2 Å². The Morgan fingerprint density at radius 2 is 2.29 bits per heavy atom. The maximum atomic E-state index is 11.5. The van der Waals surface area contributed by atoms with Crippen LogP contribution in [0.25, 0.3) is 0 Å². The average molecular weight is 261 g/mol.